The van der Waals surface area contributed by atoms with Crippen LogP contribution in [0.25, 0.3) is 5.69 Å². The second kappa shape index (κ2) is 5.32. The predicted molar refractivity (Wildman–Crippen MR) is 63.8 cm³/mol. The van der Waals surface area contributed by atoms with E-state index < -0.39 is 0 Å². The summed E-state index contributed by atoms with van der Waals surface area (Å²) in [6.07, 6.45) is 4.47. The van der Waals surface area contributed by atoms with Crippen LogP contribution in [0.1, 0.15) is 6.42 Å². The Labute approximate surface area is 94.5 Å². The standard InChI is InChI=1S/C12H15N3O/c16-8-4-7-13-11-9-14-15(10-11)12-5-2-1-3-6-12/h1-3,5-6,9-10,13,16H,4,7-8H2. The maximum absolute atomic E-state index is 8.67. The molecule has 0 unspecified atom stereocenters. The second-order valence-electron chi connectivity index (χ2n) is 3.51. The molecule has 0 spiro atoms. The van der Waals surface area contributed by atoms with Crippen LogP contribution in [0.15, 0.2) is 42.7 Å². The van der Waals surface area contributed by atoms with E-state index >= 15 is 0 Å². The Hall–Kier alpha value is -1.81. The first-order valence-electron chi connectivity index (χ1n) is 5.35. The number of aliphatic hydroxyl groups excluding tert-OH is 1. The highest BCUT2D eigenvalue weighted by Gasteiger charge is 1.98. The monoisotopic (exact) mass is 217 g/mol. The molecule has 0 aliphatic heterocycles. The molecule has 0 bridgehead atoms. The molecule has 0 saturated carbocycles. The molecule has 0 aliphatic carbocycles. The van der Waals surface area contributed by atoms with Crippen molar-refractivity contribution in [2.75, 3.05) is 18.5 Å². The third kappa shape index (κ3) is 2.61. The lowest BCUT2D eigenvalue weighted by Crippen LogP contribution is -2.02. The average Bonchev–Trinajstić information content (AvgIpc) is 2.79. The molecular formula is C12H15N3O. The summed E-state index contributed by atoms with van der Waals surface area (Å²) in [5, 5.41) is 16.1. The van der Waals surface area contributed by atoms with E-state index in [0.717, 1.165) is 24.3 Å². The van der Waals surface area contributed by atoms with E-state index in [1.165, 1.54) is 0 Å². The molecule has 1 aromatic carbocycles. The molecule has 2 rings (SSSR count). The highest BCUT2D eigenvalue weighted by atomic mass is 16.3. The van der Waals surface area contributed by atoms with E-state index in [0.29, 0.717) is 0 Å². The van der Waals surface area contributed by atoms with Gasteiger partial charge in [0.25, 0.3) is 0 Å². The zero-order valence-electron chi connectivity index (χ0n) is 9.00. The van der Waals surface area contributed by atoms with Gasteiger partial charge in [-0.05, 0) is 18.6 Å². The smallest absolute Gasteiger partial charge is 0.0731 e. The summed E-state index contributed by atoms with van der Waals surface area (Å²) in [5.41, 5.74) is 2.01. The number of benzene rings is 1. The van der Waals surface area contributed by atoms with E-state index in [1.54, 1.807) is 6.20 Å². The quantitative estimate of drug-likeness (QED) is 0.749. The topological polar surface area (TPSA) is 50.1 Å². The van der Waals surface area contributed by atoms with Crippen LogP contribution in [-0.2, 0) is 0 Å². The van der Waals surface area contributed by atoms with Crippen LogP contribution in [0.4, 0.5) is 5.69 Å². The number of rotatable bonds is 5. The van der Waals surface area contributed by atoms with Gasteiger partial charge in [0.05, 0.1) is 23.8 Å². The van der Waals surface area contributed by atoms with E-state index in [9.17, 15) is 0 Å². The molecule has 1 aromatic heterocycles. The molecule has 84 valence electrons. The largest absolute Gasteiger partial charge is 0.396 e. The Morgan fingerprint density at radius 2 is 2.06 bits per heavy atom. The fourth-order valence-electron chi connectivity index (χ4n) is 1.45. The maximum Gasteiger partial charge on any atom is 0.0731 e. The minimum Gasteiger partial charge on any atom is -0.396 e. The first kappa shape index (κ1) is 10.7. The zero-order chi connectivity index (χ0) is 11.2. The van der Waals surface area contributed by atoms with Crippen LogP contribution in [-0.4, -0.2) is 28.0 Å². The summed E-state index contributed by atoms with van der Waals surface area (Å²) in [4.78, 5) is 0. The molecule has 4 nitrogen and oxygen atoms in total. The molecule has 0 aliphatic rings. The van der Waals surface area contributed by atoms with Crippen molar-refractivity contribution in [1.29, 1.82) is 0 Å². The number of nitrogens with one attached hydrogen (secondary N) is 1. The van der Waals surface area contributed by atoms with Crippen molar-refractivity contribution in [2.24, 2.45) is 0 Å². The van der Waals surface area contributed by atoms with E-state index in [1.807, 2.05) is 41.2 Å². The lowest BCUT2D eigenvalue weighted by Gasteiger charge is -2.01. The minimum absolute atomic E-state index is 0.208. The van der Waals surface area contributed by atoms with Gasteiger partial charge in [-0.25, -0.2) is 4.68 Å². The summed E-state index contributed by atoms with van der Waals surface area (Å²) in [6, 6.07) is 9.95. The maximum atomic E-state index is 8.67. The van der Waals surface area contributed by atoms with Gasteiger partial charge in [-0.3, -0.25) is 0 Å². The highest BCUT2D eigenvalue weighted by molar-refractivity contribution is 5.42. The number of aliphatic hydroxyl groups is 1. The van der Waals surface area contributed by atoms with Crippen molar-refractivity contribution in [2.45, 2.75) is 6.42 Å². The summed E-state index contributed by atoms with van der Waals surface area (Å²) < 4.78 is 1.82. The molecule has 0 radical (unpaired) electrons. The van der Waals surface area contributed by atoms with Crippen LogP contribution in [0.2, 0.25) is 0 Å². The van der Waals surface area contributed by atoms with Gasteiger partial charge in [0.2, 0.25) is 0 Å². The van der Waals surface area contributed by atoms with Gasteiger partial charge in [0, 0.05) is 13.2 Å². The summed E-state index contributed by atoms with van der Waals surface area (Å²) in [6.45, 7) is 0.969. The number of anilines is 1. The Bertz CT molecular complexity index is 425. The van der Waals surface area contributed by atoms with Crippen molar-refractivity contribution in [1.82, 2.24) is 9.78 Å². The molecule has 2 aromatic rings. The van der Waals surface area contributed by atoms with Gasteiger partial charge in [-0.15, -0.1) is 0 Å². The molecule has 2 N–H and O–H groups in total. The van der Waals surface area contributed by atoms with Crippen LogP contribution in [0, 0.1) is 0 Å². The third-order valence-corrected chi connectivity index (χ3v) is 2.27. The first-order valence-corrected chi connectivity index (χ1v) is 5.35. The van der Waals surface area contributed by atoms with Crippen LogP contribution >= 0.6 is 0 Å². The number of aromatic nitrogens is 2. The van der Waals surface area contributed by atoms with Crippen molar-refractivity contribution >= 4 is 5.69 Å². The van der Waals surface area contributed by atoms with Gasteiger partial charge < -0.3 is 10.4 Å². The summed E-state index contributed by atoms with van der Waals surface area (Å²) >= 11 is 0. The van der Waals surface area contributed by atoms with Gasteiger partial charge in [-0.1, -0.05) is 18.2 Å². The van der Waals surface area contributed by atoms with E-state index in [-0.39, 0.29) is 6.61 Å². The van der Waals surface area contributed by atoms with Crippen LogP contribution in [0.3, 0.4) is 0 Å². The number of para-hydroxylation sites is 1. The number of hydrogen-bond acceptors (Lipinski definition) is 3. The Balaban J connectivity index is 2.02. The molecule has 1 heterocycles. The van der Waals surface area contributed by atoms with E-state index in [4.69, 9.17) is 5.11 Å². The van der Waals surface area contributed by atoms with Crippen LogP contribution in [0.5, 0.6) is 0 Å². The molecular weight excluding hydrogens is 202 g/mol. The summed E-state index contributed by atoms with van der Waals surface area (Å²) in [7, 11) is 0. The fourth-order valence-corrected chi connectivity index (χ4v) is 1.45. The highest BCUT2D eigenvalue weighted by Crippen LogP contribution is 2.10. The fraction of sp³-hybridized carbons (Fsp3) is 0.250. The van der Waals surface area contributed by atoms with Crippen molar-refractivity contribution in [3.63, 3.8) is 0 Å². The van der Waals surface area contributed by atoms with Gasteiger partial charge in [0.1, 0.15) is 0 Å². The minimum atomic E-state index is 0.208. The molecule has 4 heteroatoms. The van der Waals surface area contributed by atoms with Gasteiger partial charge in [-0.2, -0.15) is 5.10 Å². The zero-order valence-corrected chi connectivity index (χ0v) is 9.00. The van der Waals surface area contributed by atoms with Gasteiger partial charge >= 0.3 is 0 Å². The SMILES string of the molecule is OCCCNc1cnn(-c2ccccc2)c1. The molecule has 0 fully saturated rings. The lowest BCUT2D eigenvalue weighted by molar-refractivity contribution is 0.292. The van der Waals surface area contributed by atoms with Crippen molar-refractivity contribution < 1.29 is 5.11 Å². The lowest BCUT2D eigenvalue weighted by atomic mass is 10.3. The number of hydrogen-bond donors (Lipinski definition) is 2. The van der Waals surface area contributed by atoms with Crippen molar-refractivity contribution in [3.8, 4) is 5.69 Å². The predicted octanol–water partition coefficient (Wildman–Crippen LogP) is 1.67. The summed E-state index contributed by atoms with van der Waals surface area (Å²) in [5.74, 6) is 0. The Morgan fingerprint density at radius 1 is 1.25 bits per heavy atom. The molecule has 0 saturated heterocycles. The molecule has 0 atom stereocenters. The third-order valence-electron chi connectivity index (χ3n) is 2.27. The number of nitrogens with zero attached hydrogens (tertiary/aromatic N) is 2. The average molecular weight is 217 g/mol. The van der Waals surface area contributed by atoms with Gasteiger partial charge in [0.15, 0.2) is 0 Å². The normalized spacial score (nSPS) is 10.3. The molecule has 16 heavy (non-hydrogen) atoms. The molecule has 0 amide bonds. The Kier molecular flexibility index (Phi) is 3.56. The van der Waals surface area contributed by atoms with Crippen molar-refractivity contribution in [3.05, 3.63) is 42.7 Å². The van der Waals surface area contributed by atoms with E-state index in [2.05, 4.69) is 10.4 Å². The first-order chi connectivity index (χ1) is 7.90. The second-order valence-corrected chi connectivity index (χ2v) is 3.51. The van der Waals surface area contributed by atoms with Crippen LogP contribution < -0.4 is 5.32 Å². The Morgan fingerprint density at radius 3 is 2.81 bits per heavy atom.